The lowest BCUT2D eigenvalue weighted by Crippen LogP contribution is -2.20. The lowest BCUT2D eigenvalue weighted by molar-refractivity contribution is 0.523. The number of aliphatic imine (C=N–C) groups is 1. The van der Waals surface area contributed by atoms with Gasteiger partial charge >= 0.3 is 0 Å². The Morgan fingerprint density at radius 2 is 2.15 bits per heavy atom. The van der Waals surface area contributed by atoms with E-state index >= 15 is 0 Å². The smallest absolute Gasteiger partial charge is 0.161 e. The molecule has 0 spiro atoms. The van der Waals surface area contributed by atoms with E-state index in [-0.39, 0.29) is 5.54 Å². The lowest BCUT2D eigenvalue weighted by atomic mass is 10.0. The molecule has 2 heterocycles. The number of anilines is 1. The van der Waals surface area contributed by atoms with Crippen molar-refractivity contribution in [3.05, 3.63) is 36.0 Å². The van der Waals surface area contributed by atoms with Crippen LogP contribution in [-0.2, 0) is 0 Å². The fourth-order valence-corrected chi connectivity index (χ4v) is 3.42. The molecule has 1 unspecified atom stereocenters. The van der Waals surface area contributed by atoms with Gasteiger partial charge in [0, 0.05) is 16.8 Å². The fraction of sp³-hybridized carbons (Fsp3) is 0.375. The molecule has 0 amide bonds. The van der Waals surface area contributed by atoms with E-state index in [9.17, 15) is 0 Å². The van der Waals surface area contributed by atoms with Crippen LogP contribution < -0.4 is 5.32 Å². The average molecular weight is 285 g/mol. The quantitative estimate of drug-likeness (QED) is 0.897. The zero-order chi connectivity index (χ0) is 14.2. The van der Waals surface area contributed by atoms with Gasteiger partial charge in [-0.1, -0.05) is 36.9 Å². The summed E-state index contributed by atoms with van der Waals surface area (Å²) in [6.45, 7) is 6.42. The molecule has 3 nitrogen and oxygen atoms in total. The molecule has 20 heavy (non-hydrogen) atoms. The summed E-state index contributed by atoms with van der Waals surface area (Å²) >= 11 is 1.79. The van der Waals surface area contributed by atoms with Gasteiger partial charge in [-0.3, -0.25) is 9.98 Å². The maximum Gasteiger partial charge on any atom is 0.161 e. The van der Waals surface area contributed by atoms with E-state index in [2.05, 4.69) is 48.4 Å². The van der Waals surface area contributed by atoms with Gasteiger partial charge in [-0.15, -0.1) is 0 Å². The summed E-state index contributed by atoms with van der Waals surface area (Å²) in [5, 5.41) is 5.61. The summed E-state index contributed by atoms with van der Waals surface area (Å²) in [7, 11) is 0. The molecule has 1 aliphatic heterocycles. The molecule has 0 aliphatic carbocycles. The average Bonchev–Trinajstić information content (AvgIpc) is 2.82. The van der Waals surface area contributed by atoms with Gasteiger partial charge in [-0.05, 0) is 32.4 Å². The Morgan fingerprint density at radius 1 is 1.30 bits per heavy atom. The highest BCUT2D eigenvalue weighted by Gasteiger charge is 2.28. The third-order valence-electron chi connectivity index (χ3n) is 3.75. The van der Waals surface area contributed by atoms with Crippen LogP contribution in [0.2, 0.25) is 0 Å². The van der Waals surface area contributed by atoms with Gasteiger partial charge in [0.05, 0.1) is 16.7 Å². The van der Waals surface area contributed by atoms with E-state index in [1.54, 1.807) is 11.8 Å². The zero-order valence-electron chi connectivity index (χ0n) is 12.1. The number of nitrogens with zero attached hydrogens (tertiary/aromatic N) is 2. The molecule has 0 radical (unpaired) electrons. The number of rotatable bonds is 2. The molecule has 2 aromatic rings. The predicted octanol–water partition coefficient (Wildman–Crippen LogP) is 4.23. The molecule has 0 saturated heterocycles. The first kappa shape index (κ1) is 13.4. The molecule has 1 aromatic heterocycles. The molecule has 0 bridgehead atoms. The maximum atomic E-state index is 4.80. The zero-order valence-corrected chi connectivity index (χ0v) is 12.9. The number of aryl methyl sites for hydroxylation is 1. The minimum Gasteiger partial charge on any atom is -0.333 e. The second kappa shape index (κ2) is 5.09. The van der Waals surface area contributed by atoms with Crippen LogP contribution in [0.3, 0.4) is 0 Å². The van der Waals surface area contributed by atoms with Crippen LogP contribution in [0, 0.1) is 6.92 Å². The monoisotopic (exact) mass is 285 g/mol. The first-order chi connectivity index (χ1) is 9.59. The summed E-state index contributed by atoms with van der Waals surface area (Å²) in [5.41, 5.74) is 3.16. The van der Waals surface area contributed by atoms with Crippen molar-refractivity contribution in [2.24, 2.45) is 4.99 Å². The Labute approximate surface area is 123 Å². The topological polar surface area (TPSA) is 37.3 Å². The third-order valence-corrected chi connectivity index (χ3v) is 4.99. The van der Waals surface area contributed by atoms with Crippen LogP contribution >= 0.6 is 11.8 Å². The van der Waals surface area contributed by atoms with Crippen molar-refractivity contribution in [2.45, 2.75) is 32.7 Å². The van der Waals surface area contributed by atoms with Gasteiger partial charge in [0.15, 0.2) is 5.17 Å². The number of fused-ring (bicyclic) bond motifs is 1. The molecule has 0 saturated carbocycles. The number of amidine groups is 1. The van der Waals surface area contributed by atoms with E-state index in [4.69, 9.17) is 4.99 Å². The van der Waals surface area contributed by atoms with Gasteiger partial charge < -0.3 is 5.32 Å². The van der Waals surface area contributed by atoms with Crippen molar-refractivity contribution >= 4 is 33.5 Å². The third kappa shape index (κ3) is 2.52. The number of para-hydroxylation sites is 1. The summed E-state index contributed by atoms with van der Waals surface area (Å²) < 4.78 is 0. The van der Waals surface area contributed by atoms with Crippen molar-refractivity contribution in [3.8, 4) is 0 Å². The minimum atomic E-state index is 0.0704. The highest BCUT2D eigenvalue weighted by atomic mass is 32.2. The number of aromatic nitrogens is 1. The van der Waals surface area contributed by atoms with E-state index in [1.807, 2.05) is 13.0 Å². The fourth-order valence-electron chi connectivity index (χ4n) is 2.24. The standard InChI is InChI=1S/C16H19N3S/c1-4-16(3)10-20-15(19-16)18-13-7-5-6-12-9-8-11(2)17-14(12)13/h5-9H,4,10H2,1-3H3,(H,18,19). The molecule has 0 fully saturated rings. The van der Waals surface area contributed by atoms with E-state index < -0.39 is 0 Å². The van der Waals surface area contributed by atoms with Crippen molar-refractivity contribution in [3.63, 3.8) is 0 Å². The van der Waals surface area contributed by atoms with Crippen molar-refractivity contribution in [2.75, 3.05) is 11.1 Å². The molecule has 3 rings (SSSR count). The largest absolute Gasteiger partial charge is 0.333 e. The van der Waals surface area contributed by atoms with Gasteiger partial charge in [0.2, 0.25) is 0 Å². The molecule has 4 heteroatoms. The maximum absolute atomic E-state index is 4.80. The second-order valence-corrected chi connectivity index (χ2v) is 6.48. The van der Waals surface area contributed by atoms with E-state index in [0.717, 1.165) is 39.6 Å². The number of nitrogens with one attached hydrogen (secondary N) is 1. The van der Waals surface area contributed by atoms with Crippen molar-refractivity contribution < 1.29 is 0 Å². The van der Waals surface area contributed by atoms with E-state index in [0.29, 0.717) is 0 Å². The van der Waals surface area contributed by atoms with Crippen LogP contribution in [0.1, 0.15) is 26.0 Å². The second-order valence-electron chi connectivity index (χ2n) is 5.51. The molecule has 1 aromatic carbocycles. The number of benzene rings is 1. The van der Waals surface area contributed by atoms with Gasteiger partial charge in [0.25, 0.3) is 0 Å². The van der Waals surface area contributed by atoms with Gasteiger partial charge in [0.1, 0.15) is 0 Å². The lowest BCUT2D eigenvalue weighted by Gasteiger charge is -2.15. The Hall–Kier alpha value is -1.55. The molecule has 104 valence electrons. The summed E-state index contributed by atoms with van der Waals surface area (Å²) in [6, 6.07) is 10.4. The highest BCUT2D eigenvalue weighted by molar-refractivity contribution is 8.14. The van der Waals surface area contributed by atoms with Crippen LogP contribution in [0.5, 0.6) is 0 Å². The minimum absolute atomic E-state index is 0.0704. The number of hydrogen-bond donors (Lipinski definition) is 1. The predicted molar refractivity (Wildman–Crippen MR) is 88.7 cm³/mol. The van der Waals surface area contributed by atoms with Gasteiger partial charge in [-0.2, -0.15) is 0 Å². The van der Waals surface area contributed by atoms with Crippen LogP contribution in [0.4, 0.5) is 5.69 Å². The van der Waals surface area contributed by atoms with Gasteiger partial charge in [-0.25, -0.2) is 0 Å². The SMILES string of the molecule is CCC1(C)CSC(Nc2cccc3ccc(C)nc23)=N1. The molecule has 1 atom stereocenters. The van der Waals surface area contributed by atoms with Crippen LogP contribution in [-0.4, -0.2) is 21.4 Å². The number of pyridine rings is 1. The summed E-state index contributed by atoms with van der Waals surface area (Å²) in [5.74, 6) is 1.04. The van der Waals surface area contributed by atoms with Crippen molar-refractivity contribution in [1.82, 2.24) is 4.98 Å². The van der Waals surface area contributed by atoms with E-state index in [1.165, 1.54) is 0 Å². The molecular weight excluding hydrogens is 266 g/mol. The first-order valence-electron chi connectivity index (χ1n) is 6.96. The summed E-state index contributed by atoms with van der Waals surface area (Å²) in [6.07, 6.45) is 1.07. The molecule has 1 aliphatic rings. The Morgan fingerprint density at radius 3 is 2.90 bits per heavy atom. The Kier molecular flexibility index (Phi) is 3.42. The summed E-state index contributed by atoms with van der Waals surface area (Å²) in [4.78, 5) is 9.45. The normalized spacial score (nSPS) is 22.1. The van der Waals surface area contributed by atoms with Crippen molar-refractivity contribution in [1.29, 1.82) is 0 Å². The highest BCUT2D eigenvalue weighted by Crippen LogP contribution is 2.32. The molecule has 1 N–H and O–H groups in total. The molecular formula is C16H19N3S. The van der Waals surface area contributed by atoms with Crippen LogP contribution in [0.15, 0.2) is 35.3 Å². The van der Waals surface area contributed by atoms with Crippen LogP contribution in [0.25, 0.3) is 10.9 Å². The number of thioether (sulfide) groups is 1. The number of hydrogen-bond acceptors (Lipinski definition) is 4. The Bertz CT molecular complexity index is 680. The first-order valence-corrected chi connectivity index (χ1v) is 7.94. The Balaban J connectivity index is 1.96.